The van der Waals surface area contributed by atoms with Gasteiger partial charge in [0.2, 0.25) is 0 Å². The van der Waals surface area contributed by atoms with E-state index in [9.17, 15) is 9.90 Å². The zero-order chi connectivity index (χ0) is 18.3. The first-order valence-electron chi connectivity index (χ1n) is 8.64. The first-order chi connectivity index (χ1) is 12.5. The van der Waals surface area contributed by atoms with E-state index in [4.69, 9.17) is 0 Å². The quantitative estimate of drug-likeness (QED) is 0.754. The lowest BCUT2D eigenvalue weighted by Crippen LogP contribution is -2.39. The third-order valence-electron chi connectivity index (χ3n) is 4.81. The topological polar surface area (TPSA) is 87.0 Å². The maximum absolute atomic E-state index is 11.8. The predicted octanol–water partition coefficient (Wildman–Crippen LogP) is 2.40. The Bertz CT molecular complexity index is 959. The van der Waals surface area contributed by atoms with Gasteiger partial charge in [0, 0.05) is 30.9 Å². The molecule has 2 N–H and O–H groups in total. The molecule has 0 aliphatic carbocycles. The van der Waals surface area contributed by atoms with Gasteiger partial charge in [0.1, 0.15) is 0 Å². The van der Waals surface area contributed by atoms with Crippen LogP contribution in [0.4, 0.5) is 0 Å². The van der Waals surface area contributed by atoms with Gasteiger partial charge in [-0.15, -0.1) is 0 Å². The van der Waals surface area contributed by atoms with E-state index < -0.39 is 12.0 Å². The second-order valence-electron chi connectivity index (χ2n) is 6.74. The number of hydrogen-bond donors (Lipinski definition) is 2. The van der Waals surface area contributed by atoms with Gasteiger partial charge in [0.15, 0.2) is 6.04 Å². The normalized spacial score (nSPS) is 17.2. The van der Waals surface area contributed by atoms with Gasteiger partial charge in [-0.05, 0) is 37.6 Å². The molecule has 7 heteroatoms. The van der Waals surface area contributed by atoms with E-state index in [1.165, 1.54) is 0 Å². The van der Waals surface area contributed by atoms with Crippen molar-refractivity contribution in [2.75, 3.05) is 6.54 Å². The van der Waals surface area contributed by atoms with Crippen LogP contribution in [0.1, 0.15) is 34.4 Å². The minimum Gasteiger partial charge on any atom is -0.480 e. The second kappa shape index (κ2) is 6.42. The van der Waals surface area contributed by atoms with Crippen LogP contribution in [0.5, 0.6) is 0 Å². The van der Waals surface area contributed by atoms with Crippen LogP contribution in [0.25, 0.3) is 5.69 Å². The van der Waals surface area contributed by atoms with Crippen LogP contribution in [0.2, 0.25) is 0 Å². The molecule has 0 radical (unpaired) electrons. The molecule has 1 aliphatic rings. The Balaban J connectivity index is 1.62. The second-order valence-corrected chi connectivity index (χ2v) is 6.74. The molecule has 0 bridgehead atoms. The third-order valence-corrected chi connectivity index (χ3v) is 4.81. The summed E-state index contributed by atoms with van der Waals surface area (Å²) < 4.78 is 1.91. The molecule has 0 fully saturated rings. The summed E-state index contributed by atoms with van der Waals surface area (Å²) >= 11 is 0. The Labute approximate surface area is 151 Å². The molecule has 1 atom stereocenters. The van der Waals surface area contributed by atoms with Crippen molar-refractivity contribution in [2.45, 2.75) is 32.9 Å². The van der Waals surface area contributed by atoms with Crippen LogP contribution >= 0.6 is 0 Å². The van der Waals surface area contributed by atoms with Gasteiger partial charge in [-0.1, -0.05) is 12.1 Å². The molecule has 0 spiro atoms. The van der Waals surface area contributed by atoms with E-state index in [1.54, 1.807) is 6.33 Å². The molecule has 1 unspecified atom stereocenters. The Morgan fingerprint density at radius 1 is 1.35 bits per heavy atom. The number of nitrogens with one attached hydrogen (secondary N) is 1. The Kier molecular flexibility index (Phi) is 4.08. The maximum Gasteiger partial charge on any atom is 0.327 e. The highest BCUT2D eigenvalue weighted by atomic mass is 16.4. The average molecular weight is 351 g/mol. The number of aliphatic carboxylic acids is 1. The number of aryl methyl sites for hydroxylation is 2. The molecule has 0 amide bonds. The van der Waals surface area contributed by atoms with Gasteiger partial charge in [0.25, 0.3) is 0 Å². The summed E-state index contributed by atoms with van der Waals surface area (Å²) in [5.41, 5.74) is 5.63. The van der Waals surface area contributed by atoms with Crippen molar-refractivity contribution in [3.63, 3.8) is 0 Å². The van der Waals surface area contributed by atoms with Crippen LogP contribution in [-0.2, 0) is 17.8 Å². The van der Waals surface area contributed by atoms with E-state index in [1.807, 2.05) is 47.7 Å². The van der Waals surface area contributed by atoms with Crippen LogP contribution in [0.3, 0.4) is 0 Å². The molecule has 134 valence electrons. The molecular formula is C19H21N5O2. The number of nitrogens with zero attached hydrogens (tertiary/aromatic N) is 4. The molecule has 4 rings (SSSR count). The molecule has 3 heterocycles. The summed E-state index contributed by atoms with van der Waals surface area (Å²) in [6, 6.07) is 9.41. The van der Waals surface area contributed by atoms with Crippen LogP contribution in [0, 0.1) is 13.8 Å². The van der Waals surface area contributed by atoms with E-state index in [2.05, 4.69) is 21.1 Å². The van der Waals surface area contributed by atoms with E-state index in [0.29, 0.717) is 18.8 Å². The van der Waals surface area contributed by atoms with Crippen molar-refractivity contribution in [3.8, 4) is 5.69 Å². The summed E-state index contributed by atoms with van der Waals surface area (Å²) in [6.07, 6.45) is 2.35. The minimum absolute atomic E-state index is 0.552. The number of aromatic nitrogens is 4. The summed E-state index contributed by atoms with van der Waals surface area (Å²) in [5.74, 6) is -0.868. The number of fused-ring (bicyclic) bond motifs is 1. The predicted molar refractivity (Wildman–Crippen MR) is 96.1 cm³/mol. The van der Waals surface area contributed by atoms with Gasteiger partial charge >= 0.3 is 5.97 Å². The molecular weight excluding hydrogens is 330 g/mol. The van der Waals surface area contributed by atoms with Crippen molar-refractivity contribution in [1.29, 1.82) is 0 Å². The number of carboxylic acid groups (broad SMARTS) is 1. The summed E-state index contributed by atoms with van der Waals surface area (Å²) in [7, 11) is 0. The number of rotatable bonds is 4. The third kappa shape index (κ3) is 2.90. The lowest BCUT2D eigenvalue weighted by molar-refractivity contribution is -0.144. The van der Waals surface area contributed by atoms with Gasteiger partial charge in [0.05, 0.1) is 23.4 Å². The lowest BCUT2D eigenvalue weighted by Gasteiger charge is -2.32. The van der Waals surface area contributed by atoms with Gasteiger partial charge in [-0.3, -0.25) is 9.69 Å². The number of carbonyl (C=O) groups is 1. The Hall–Kier alpha value is -2.93. The molecule has 1 aromatic carbocycles. The molecule has 0 saturated heterocycles. The summed E-state index contributed by atoms with van der Waals surface area (Å²) in [5, 5.41) is 14.2. The zero-order valence-electron chi connectivity index (χ0n) is 14.8. The highest BCUT2D eigenvalue weighted by Gasteiger charge is 2.35. The fraction of sp³-hybridized carbons (Fsp3) is 0.316. The van der Waals surface area contributed by atoms with Gasteiger partial charge in [-0.25, -0.2) is 9.67 Å². The van der Waals surface area contributed by atoms with Crippen LogP contribution in [0.15, 0.2) is 36.7 Å². The van der Waals surface area contributed by atoms with Gasteiger partial charge < -0.3 is 10.1 Å². The number of benzene rings is 1. The Morgan fingerprint density at radius 2 is 2.19 bits per heavy atom. The van der Waals surface area contributed by atoms with E-state index >= 15 is 0 Å². The van der Waals surface area contributed by atoms with E-state index in [-0.39, 0.29) is 0 Å². The molecule has 26 heavy (non-hydrogen) atoms. The number of imidazole rings is 1. The van der Waals surface area contributed by atoms with Crippen molar-refractivity contribution >= 4 is 5.97 Å². The van der Waals surface area contributed by atoms with Crippen LogP contribution < -0.4 is 0 Å². The smallest absolute Gasteiger partial charge is 0.327 e. The molecule has 2 aromatic heterocycles. The highest BCUT2D eigenvalue weighted by molar-refractivity contribution is 5.75. The van der Waals surface area contributed by atoms with Crippen molar-refractivity contribution in [2.24, 2.45) is 0 Å². The van der Waals surface area contributed by atoms with Crippen molar-refractivity contribution < 1.29 is 9.90 Å². The van der Waals surface area contributed by atoms with E-state index in [0.717, 1.165) is 34.8 Å². The number of hydrogen-bond acceptors (Lipinski definition) is 4. The SMILES string of the molecule is Cc1cc(C)n(-c2cccc(CN3CCc4[nH]cnc4C3C(=O)O)c2)n1. The van der Waals surface area contributed by atoms with Crippen LogP contribution in [-0.4, -0.2) is 42.3 Å². The summed E-state index contributed by atoms with van der Waals surface area (Å²) in [6.45, 7) is 5.23. The Morgan fingerprint density at radius 3 is 2.92 bits per heavy atom. The fourth-order valence-corrected chi connectivity index (χ4v) is 3.68. The first kappa shape index (κ1) is 16.5. The molecule has 3 aromatic rings. The van der Waals surface area contributed by atoms with Crippen molar-refractivity contribution in [3.05, 3.63) is 65.0 Å². The molecule has 7 nitrogen and oxygen atoms in total. The lowest BCUT2D eigenvalue weighted by atomic mass is 10.0. The standard InChI is InChI=1S/C19H21N5O2/c1-12-8-13(2)24(22-12)15-5-3-4-14(9-15)10-23-7-6-16-17(21-11-20-16)18(23)19(25)26/h3-5,8-9,11,18H,6-7,10H2,1-2H3,(H,20,21)(H,25,26). The van der Waals surface area contributed by atoms with Crippen molar-refractivity contribution in [1.82, 2.24) is 24.6 Å². The monoisotopic (exact) mass is 351 g/mol. The largest absolute Gasteiger partial charge is 0.480 e. The first-order valence-corrected chi connectivity index (χ1v) is 8.64. The highest BCUT2D eigenvalue weighted by Crippen LogP contribution is 2.29. The number of H-pyrrole nitrogens is 1. The molecule has 1 aliphatic heterocycles. The number of carboxylic acids is 1. The average Bonchev–Trinajstić information content (AvgIpc) is 3.20. The summed E-state index contributed by atoms with van der Waals surface area (Å²) in [4.78, 5) is 21.1. The maximum atomic E-state index is 11.8. The zero-order valence-corrected chi connectivity index (χ0v) is 14.8. The minimum atomic E-state index is -0.868. The fourth-order valence-electron chi connectivity index (χ4n) is 3.68. The van der Waals surface area contributed by atoms with Gasteiger partial charge in [-0.2, -0.15) is 5.10 Å². The molecule has 0 saturated carbocycles. The number of aromatic amines is 1.